The summed E-state index contributed by atoms with van der Waals surface area (Å²) < 4.78 is 0. The van der Waals surface area contributed by atoms with Crippen LogP contribution in [-0.4, -0.2) is 30.1 Å². The molecule has 2 fully saturated rings. The zero-order chi connectivity index (χ0) is 15.0. The summed E-state index contributed by atoms with van der Waals surface area (Å²) in [7, 11) is 2.16. The van der Waals surface area contributed by atoms with Crippen LogP contribution in [0.4, 0.5) is 0 Å². The number of aliphatic hydroxyl groups is 1. The van der Waals surface area contributed by atoms with Crippen LogP contribution in [0.2, 0.25) is 0 Å². The quantitative estimate of drug-likeness (QED) is 0.892. The molecule has 0 heterocycles. The van der Waals surface area contributed by atoms with Gasteiger partial charge in [0.2, 0.25) is 0 Å². The normalized spacial score (nSPS) is 29.3. The fourth-order valence-corrected chi connectivity index (χ4v) is 4.68. The molecule has 2 nitrogen and oxygen atoms in total. The zero-order valence-corrected chi connectivity index (χ0v) is 13.7. The van der Waals surface area contributed by atoms with Crippen molar-refractivity contribution >= 4 is 0 Å². The molecular weight excluding hydrogens is 258 g/mol. The van der Waals surface area contributed by atoms with Crippen molar-refractivity contribution in [1.29, 1.82) is 0 Å². The molecule has 4 atom stereocenters. The highest BCUT2D eigenvalue weighted by atomic mass is 16.3. The number of hydrogen-bond acceptors (Lipinski definition) is 2. The van der Waals surface area contributed by atoms with Gasteiger partial charge in [-0.3, -0.25) is 0 Å². The third-order valence-electron chi connectivity index (χ3n) is 5.54. The Bertz CT molecular complexity index is 478. The van der Waals surface area contributed by atoms with Crippen molar-refractivity contribution in [2.24, 2.45) is 17.8 Å². The van der Waals surface area contributed by atoms with E-state index in [-0.39, 0.29) is 6.10 Å². The second kappa shape index (κ2) is 6.10. The summed E-state index contributed by atoms with van der Waals surface area (Å²) in [4.78, 5) is 2.34. The molecule has 2 heteroatoms. The molecule has 0 saturated heterocycles. The Kier molecular flexibility index (Phi) is 4.37. The van der Waals surface area contributed by atoms with Gasteiger partial charge >= 0.3 is 0 Å². The molecule has 2 bridgehead atoms. The maximum atomic E-state index is 10.5. The van der Waals surface area contributed by atoms with E-state index in [1.54, 1.807) is 0 Å². The second-order valence-corrected chi connectivity index (χ2v) is 7.59. The second-order valence-electron chi connectivity index (χ2n) is 7.59. The maximum absolute atomic E-state index is 10.5. The molecule has 2 saturated carbocycles. The largest absolute Gasteiger partial charge is 0.387 e. The van der Waals surface area contributed by atoms with Crippen molar-refractivity contribution in [2.45, 2.75) is 45.6 Å². The van der Waals surface area contributed by atoms with Crippen LogP contribution in [0.1, 0.15) is 48.5 Å². The highest BCUT2D eigenvalue weighted by Gasteiger charge is 2.39. The van der Waals surface area contributed by atoms with Gasteiger partial charge in [-0.25, -0.2) is 0 Å². The highest BCUT2D eigenvalue weighted by molar-refractivity contribution is 5.30. The number of aryl methyl sites for hydroxylation is 2. The lowest BCUT2D eigenvalue weighted by molar-refractivity contribution is 0.110. The van der Waals surface area contributed by atoms with E-state index in [1.807, 2.05) is 0 Å². The molecule has 0 radical (unpaired) electrons. The van der Waals surface area contributed by atoms with Crippen molar-refractivity contribution in [2.75, 3.05) is 20.1 Å². The number of fused-ring (bicyclic) bond motifs is 2. The van der Waals surface area contributed by atoms with E-state index in [9.17, 15) is 5.11 Å². The summed E-state index contributed by atoms with van der Waals surface area (Å²) in [5.74, 6) is 2.86. The topological polar surface area (TPSA) is 23.5 Å². The van der Waals surface area contributed by atoms with Crippen LogP contribution in [0.25, 0.3) is 0 Å². The fraction of sp³-hybridized carbons (Fsp3) is 0.684. The van der Waals surface area contributed by atoms with E-state index in [2.05, 4.69) is 44.0 Å². The molecule has 3 rings (SSSR count). The first-order valence-corrected chi connectivity index (χ1v) is 8.46. The van der Waals surface area contributed by atoms with E-state index in [4.69, 9.17) is 0 Å². The first kappa shape index (κ1) is 15.1. The van der Waals surface area contributed by atoms with Gasteiger partial charge in [0.1, 0.15) is 0 Å². The van der Waals surface area contributed by atoms with Crippen LogP contribution in [0, 0.1) is 31.6 Å². The van der Waals surface area contributed by atoms with Gasteiger partial charge in [-0.2, -0.15) is 0 Å². The first-order valence-electron chi connectivity index (χ1n) is 8.46. The number of rotatable bonds is 5. The number of likely N-dealkylation sites (N-methyl/N-ethyl adjacent to an activating group) is 1. The van der Waals surface area contributed by atoms with Crippen LogP contribution in [-0.2, 0) is 0 Å². The van der Waals surface area contributed by atoms with Gasteiger partial charge in [-0.1, -0.05) is 35.7 Å². The molecule has 1 aromatic rings. The Balaban J connectivity index is 1.55. The van der Waals surface area contributed by atoms with Crippen molar-refractivity contribution in [3.63, 3.8) is 0 Å². The van der Waals surface area contributed by atoms with E-state index in [1.165, 1.54) is 36.8 Å². The predicted molar refractivity (Wildman–Crippen MR) is 87.3 cm³/mol. The van der Waals surface area contributed by atoms with Crippen LogP contribution >= 0.6 is 0 Å². The number of hydrogen-bond donors (Lipinski definition) is 1. The molecule has 0 amide bonds. The molecule has 1 N–H and O–H groups in total. The lowest BCUT2D eigenvalue weighted by atomic mass is 9.88. The Labute approximate surface area is 129 Å². The van der Waals surface area contributed by atoms with Gasteiger partial charge in [-0.05, 0) is 63.5 Å². The molecule has 2 aliphatic rings. The third-order valence-corrected chi connectivity index (χ3v) is 5.54. The Morgan fingerprint density at radius 2 is 1.86 bits per heavy atom. The first-order chi connectivity index (χ1) is 10.0. The number of nitrogens with zero attached hydrogens (tertiary/aromatic N) is 1. The SMILES string of the molecule is Cc1cc(C)cc(C(O)CN(C)CC2CC3CCC2C3)c1. The molecule has 0 aromatic heterocycles. The Morgan fingerprint density at radius 1 is 1.14 bits per heavy atom. The lowest BCUT2D eigenvalue weighted by Gasteiger charge is -2.28. The van der Waals surface area contributed by atoms with Crippen LogP contribution in [0.3, 0.4) is 0 Å². The van der Waals surface area contributed by atoms with Crippen LogP contribution in [0.5, 0.6) is 0 Å². The minimum absolute atomic E-state index is 0.368. The van der Waals surface area contributed by atoms with E-state index in [0.29, 0.717) is 0 Å². The predicted octanol–water partition coefficient (Wildman–Crippen LogP) is 3.70. The zero-order valence-electron chi connectivity index (χ0n) is 13.7. The average molecular weight is 287 g/mol. The molecule has 116 valence electrons. The Morgan fingerprint density at radius 3 is 2.43 bits per heavy atom. The summed E-state index contributed by atoms with van der Waals surface area (Å²) in [6.07, 6.45) is 5.44. The van der Waals surface area contributed by atoms with Crippen molar-refractivity contribution < 1.29 is 5.11 Å². The van der Waals surface area contributed by atoms with E-state index >= 15 is 0 Å². The van der Waals surface area contributed by atoms with Crippen molar-refractivity contribution in [3.8, 4) is 0 Å². The van der Waals surface area contributed by atoms with Gasteiger partial charge in [0.15, 0.2) is 0 Å². The van der Waals surface area contributed by atoms with Gasteiger partial charge in [0.05, 0.1) is 6.10 Å². The maximum Gasteiger partial charge on any atom is 0.0916 e. The molecular formula is C19H29NO. The average Bonchev–Trinajstić information content (AvgIpc) is 2.99. The molecule has 2 aliphatic carbocycles. The van der Waals surface area contributed by atoms with E-state index < -0.39 is 0 Å². The van der Waals surface area contributed by atoms with Gasteiger partial charge in [0, 0.05) is 13.1 Å². The van der Waals surface area contributed by atoms with Gasteiger partial charge in [-0.15, -0.1) is 0 Å². The minimum Gasteiger partial charge on any atom is -0.387 e. The lowest BCUT2D eigenvalue weighted by Crippen LogP contribution is -2.32. The van der Waals surface area contributed by atoms with Crippen LogP contribution in [0.15, 0.2) is 18.2 Å². The minimum atomic E-state index is -0.368. The third kappa shape index (κ3) is 3.49. The number of benzene rings is 1. The summed E-state index contributed by atoms with van der Waals surface area (Å²) >= 11 is 0. The molecule has 0 aliphatic heterocycles. The summed E-state index contributed by atoms with van der Waals surface area (Å²) in [6, 6.07) is 6.39. The Hall–Kier alpha value is -0.860. The molecule has 0 spiro atoms. The van der Waals surface area contributed by atoms with Crippen molar-refractivity contribution in [3.05, 3.63) is 34.9 Å². The summed E-state index contributed by atoms with van der Waals surface area (Å²) in [5.41, 5.74) is 3.53. The molecule has 21 heavy (non-hydrogen) atoms. The van der Waals surface area contributed by atoms with Crippen molar-refractivity contribution in [1.82, 2.24) is 4.90 Å². The highest BCUT2D eigenvalue weighted by Crippen LogP contribution is 2.48. The monoisotopic (exact) mass is 287 g/mol. The summed E-state index contributed by atoms with van der Waals surface area (Å²) in [6.45, 7) is 6.10. The fourth-order valence-electron chi connectivity index (χ4n) is 4.68. The molecule has 4 unspecified atom stereocenters. The summed E-state index contributed by atoms with van der Waals surface area (Å²) in [5, 5.41) is 10.5. The smallest absolute Gasteiger partial charge is 0.0916 e. The molecule has 1 aromatic carbocycles. The standard InChI is InChI=1S/C19H29NO/c1-13-6-14(2)8-17(7-13)19(21)12-20(3)11-18-10-15-4-5-16(18)9-15/h6-8,15-16,18-19,21H,4-5,9-12H2,1-3H3. The number of aliphatic hydroxyl groups excluding tert-OH is 1. The van der Waals surface area contributed by atoms with Gasteiger partial charge < -0.3 is 10.0 Å². The van der Waals surface area contributed by atoms with Crippen LogP contribution < -0.4 is 0 Å². The van der Waals surface area contributed by atoms with Gasteiger partial charge in [0.25, 0.3) is 0 Å². The van der Waals surface area contributed by atoms with E-state index in [0.717, 1.165) is 36.4 Å².